The molecule has 6 heteroatoms. The van der Waals surface area contributed by atoms with Crippen LogP contribution in [0.1, 0.15) is 54.6 Å². The van der Waals surface area contributed by atoms with Crippen molar-refractivity contribution in [1.82, 2.24) is 10.2 Å². The molecule has 3 fully saturated rings. The smallest absolute Gasteiger partial charge is 0.265 e. The molecule has 0 radical (unpaired) electrons. The standard InChI is InChI=1S/C21H30N2O3S/c1-26-17-9-11-27-19(17)20(24)22-12-14-8-10-23(13-14)21(25)18(15-4-2-5-15)16-6-3-7-16/h9,11,14-16,18H,2-8,10,12-13H2,1H3,(H,22,24). The molecule has 3 aliphatic rings. The van der Waals surface area contributed by atoms with Crippen molar-refractivity contribution in [1.29, 1.82) is 0 Å². The maximum absolute atomic E-state index is 13.2. The summed E-state index contributed by atoms with van der Waals surface area (Å²) in [5.74, 6) is 2.85. The number of thiophene rings is 1. The molecule has 2 amide bonds. The highest BCUT2D eigenvalue weighted by Gasteiger charge is 2.43. The number of nitrogens with one attached hydrogen (secondary N) is 1. The van der Waals surface area contributed by atoms with E-state index in [-0.39, 0.29) is 11.8 Å². The first kappa shape index (κ1) is 18.8. The number of hydrogen-bond donors (Lipinski definition) is 1. The Balaban J connectivity index is 1.29. The maximum atomic E-state index is 13.2. The van der Waals surface area contributed by atoms with Gasteiger partial charge in [0, 0.05) is 25.6 Å². The fourth-order valence-corrected chi connectivity index (χ4v) is 5.51. The third-order valence-corrected chi connectivity index (χ3v) is 7.70. The molecule has 0 aromatic carbocycles. The van der Waals surface area contributed by atoms with Crippen LogP contribution in [0, 0.1) is 23.7 Å². The number of ether oxygens (including phenoxy) is 1. The van der Waals surface area contributed by atoms with Gasteiger partial charge in [-0.1, -0.05) is 12.8 Å². The molecule has 0 bridgehead atoms. The summed E-state index contributed by atoms with van der Waals surface area (Å²) >= 11 is 1.40. The number of hydrogen-bond acceptors (Lipinski definition) is 4. The topological polar surface area (TPSA) is 58.6 Å². The lowest BCUT2D eigenvalue weighted by atomic mass is 9.64. The van der Waals surface area contributed by atoms with E-state index in [4.69, 9.17) is 4.74 Å². The van der Waals surface area contributed by atoms with Crippen molar-refractivity contribution >= 4 is 23.2 Å². The molecule has 0 spiro atoms. The van der Waals surface area contributed by atoms with E-state index in [0.717, 1.165) is 19.5 Å². The van der Waals surface area contributed by atoms with Crippen LogP contribution in [0.5, 0.6) is 5.75 Å². The molecule has 1 saturated heterocycles. The summed E-state index contributed by atoms with van der Waals surface area (Å²) in [6.07, 6.45) is 8.52. The van der Waals surface area contributed by atoms with E-state index >= 15 is 0 Å². The van der Waals surface area contributed by atoms with Crippen molar-refractivity contribution in [2.75, 3.05) is 26.7 Å². The summed E-state index contributed by atoms with van der Waals surface area (Å²) in [6.45, 7) is 2.26. The van der Waals surface area contributed by atoms with Crippen molar-refractivity contribution in [2.24, 2.45) is 23.7 Å². The first-order valence-corrected chi connectivity index (χ1v) is 11.2. The number of methoxy groups -OCH3 is 1. The summed E-state index contributed by atoms with van der Waals surface area (Å²) in [4.78, 5) is 28.3. The predicted molar refractivity (Wildman–Crippen MR) is 106 cm³/mol. The third-order valence-electron chi connectivity index (χ3n) is 6.80. The average molecular weight is 391 g/mol. The fourth-order valence-electron chi connectivity index (χ4n) is 4.74. The first-order chi connectivity index (χ1) is 13.2. The Hall–Kier alpha value is -1.56. The molecule has 27 heavy (non-hydrogen) atoms. The lowest BCUT2D eigenvalue weighted by molar-refractivity contribution is -0.141. The van der Waals surface area contributed by atoms with Crippen LogP contribution in [0.3, 0.4) is 0 Å². The second-order valence-corrected chi connectivity index (χ2v) is 9.29. The van der Waals surface area contributed by atoms with Crippen LogP contribution in [0.4, 0.5) is 0 Å². The molecule has 148 valence electrons. The number of carbonyl (C=O) groups is 2. The van der Waals surface area contributed by atoms with Gasteiger partial charge in [0.15, 0.2) is 0 Å². The molecule has 1 aromatic heterocycles. The van der Waals surface area contributed by atoms with Crippen LogP contribution < -0.4 is 10.1 Å². The van der Waals surface area contributed by atoms with Gasteiger partial charge in [0.25, 0.3) is 5.91 Å². The highest BCUT2D eigenvalue weighted by Crippen LogP contribution is 2.45. The molecule has 1 aliphatic heterocycles. The average Bonchev–Trinajstić information content (AvgIpc) is 3.24. The molecule has 2 aliphatic carbocycles. The number of amides is 2. The van der Waals surface area contributed by atoms with E-state index in [0.29, 0.717) is 40.8 Å². The van der Waals surface area contributed by atoms with Crippen molar-refractivity contribution in [3.05, 3.63) is 16.3 Å². The zero-order valence-electron chi connectivity index (χ0n) is 16.1. The number of rotatable bonds is 7. The van der Waals surface area contributed by atoms with Gasteiger partial charge in [-0.3, -0.25) is 9.59 Å². The quantitative estimate of drug-likeness (QED) is 0.775. The van der Waals surface area contributed by atoms with E-state index in [1.165, 1.54) is 49.9 Å². The molecule has 1 atom stereocenters. The third kappa shape index (κ3) is 3.86. The van der Waals surface area contributed by atoms with Crippen LogP contribution in [0.15, 0.2) is 11.4 Å². The minimum absolute atomic E-state index is 0.0755. The summed E-state index contributed by atoms with van der Waals surface area (Å²) < 4.78 is 5.23. The molecular weight excluding hydrogens is 360 g/mol. The van der Waals surface area contributed by atoms with E-state index in [9.17, 15) is 9.59 Å². The van der Waals surface area contributed by atoms with Gasteiger partial charge in [-0.05, 0) is 61.3 Å². The lowest BCUT2D eigenvalue weighted by Crippen LogP contribution is -2.45. The Morgan fingerprint density at radius 1 is 1.22 bits per heavy atom. The van der Waals surface area contributed by atoms with Crippen molar-refractivity contribution in [3.63, 3.8) is 0 Å². The van der Waals surface area contributed by atoms with Gasteiger partial charge >= 0.3 is 0 Å². The molecule has 4 rings (SSSR count). The fraction of sp³-hybridized carbons (Fsp3) is 0.714. The van der Waals surface area contributed by atoms with Crippen molar-refractivity contribution in [3.8, 4) is 5.75 Å². The summed E-state index contributed by atoms with van der Waals surface area (Å²) in [5, 5.41) is 4.90. The second kappa shape index (κ2) is 8.21. The molecule has 1 aromatic rings. The normalized spacial score (nSPS) is 23.2. The zero-order valence-corrected chi connectivity index (χ0v) is 16.9. The monoisotopic (exact) mass is 390 g/mol. The molecule has 2 saturated carbocycles. The van der Waals surface area contributed by atoms with Crippen LogP contribution in [-0.4, -0.2) is 43.5 Å². The summed E-state index contributed by atoms with van der Waals surface area (Å²) in [7, 11) is 1.58. The Labute approximate surface area is 165 Å². The van der Waals surface area contributed by atoms with Gasteiger partial charge in [-0.25, -0.2) is 0 Å². The van der Waals surface area contributed by atoms with Gasteiger partial charge in [-0.2, -0.15) is 0 Å². The number of nitrogens with zero attached hydrogens (tertiary/aromatic N) is 1. The van der Waals surface area contributed by atoms with Crippen LogP contribution in [-0.2, 0) is 4.79 Å². The van der Waals surface area contributed by atoms with E-state index in [1.54, 1.807) is 7.11 Å². The van der Waals surface area contributed by atoms with Crippen molar-refractivity contribution < 1.29 is 14.3 Å². The van der Waals surface area contributed by atoms with E-state index < -0.39 is 0 Å². The molecule has 1 unspecified atom stereocenters. The van der Waals surface area contributed by atoms with Gasteiger partial charge in [0.2, 0.25) is 5.91 Å². The molecule has 5 nitrogen and oxygen atoms in total. The second-order valence-electron chi connectivity index (χ2n) is 8.37. The van der Waals surface area contributed by atoms with E-state index in [1.807, 2.05) is 11.4 Å². The first-order valence-electron chi connectivity index (χ1n) is 10.4. The minimum atomic E-state index is -0.0755. The van der Waals surface area contributed by atoms with Crippen molar-refractivity contribution in [2.45, 2.75) is 44.9 Å². The Kier molecular flexibility index (Phi) is 5.71. The molecular formula is C21H30N2O3S. The Morgan fingerprint density at radius 2 is 1.93 bits per heavy atom. The van der Waals surface area contributed by atoms with Crippen LogP contribution in [0.25, 0.3) is 0 Å². The maximum Gasteiger partial charge on any atom is 0.265 e. The zero-order chi connectivity index (χ0) is 18.8. The summed E-state index contributed by atoms with van der Waals surface area (Å²) in [6, 6.07) is 1.82. The van der Waals surface area contributed by atoms with Gasteiger partial charge < -0.3 is 15.0 Å². The van der Waals surface area contributed by atoms with Gasteiger partial charge in [0.1, 0.15) is 10.6 Å². The highest BCUT2D eigenvalue weighted by atomic mass is 32.1. The summed E-state index contributed by atoms with van der Waals surface area (Å²) in [5.41, 5.74) is 0. The lowest BCUT2D eigenvalue weighted by Gasteiger charge is -2.43. The Morgan fingerprint density at radius 3 is 2.52 bits per heavy atom. The van der Waals surface area contributed by atoms with Gasteiger partial charge in [0.05, 0.1) is 7.11 Å². The number of likely N-dealkylation sites (tertiary alicyclic amines) is 1. The predicted octanol–water partition coefficient (Wildman–Crippen LogP) is 3.55. The molecule has 2 heterocycles. The molecule has 1 N–H and O–H groups in total. The number of carbonyl (C=O) groups excluding carboxylic acids is 2. The van der Waals surface area contributed by atoms with E-state index in [2.05, 4.69) is 10.2 Å². The van der Waals surface area contributed by atoms with Crippen LogP contribution in [0.2, 0.25) is 0 Å². The largest absolute Gasteiger partial charge is 0.495 e. The SMILES string of the molecule is COc1ccsc1C(=O)NCC1CCN(C(=O)C(C2CCC2)C2CCC2)C1. The minimum Gasteiger partial charge on any atom is -0.495 e. The van der Waals surface area contributed by atoms with Gasteiger partial charge in [-0.15, -0.1) is 11.3 Å². The van der Waals surface area contributed by atoms with Crippen LogP contribution >= 0.6 is 11.3 Å². The highest BCUT2D eigenvalue weighted by molar-refractivity contribution is 7.12. The Bertz CT molecular complexity index is 667.